The number of hydrogen-bond donors (Lipinski definition) is 1. The molecule has 23 heavy (non-hydrogen) atoms. The lowest BCUT2D eigenvalue weighted by Gasteiger charge is -2.13. The van der Waals surface area contributed by atoms with Crippen molar-refractivity contribution >= 4 is 29.0 Å². The summed E-state index contributed by atoms with van der Waals surface area (Å²) >= 11 is 0.946. The Bertz CT molecular complexity index is 862. The van der Waals surface area contributed by atoms with Gasteiger partial charge in [0.25, 0.3) is 11.1 Å². The Labute approximate surface area is 139 Å². The third-order valence-corrected chi connectivity index (χ3v) is 4.80. The maximum atomic E-state index is 11.7. The molecule has 1 N–H and O–H groups in total. The first-order valence-electron chi connectivity index (χ1n) is 7.38. The van der Waals surface area contributed by atoms with E-state index in [1.54, 1.807) is 6.08 Å². The van der Waals surface area contributed by atoms with Crippen LogP contribution in [-0.4, -0.2) is 15.7 Å². The highest BCUT2D eigenvalue weighted by Crippen LogP contribution is 2.29. The number of carbonyl (C=O) groups is 2. The van der Waals surface area contributed by atoms with E-state index in [2.05, 4.69) is 41.9 Å². The van der Waals surface area contributed by atoms with Gasteiger partial charge in [0.2, 0.25) is 0 Å². The topological polar surface area (TPSA) is 51.1 Å². The standard InChI is InChI=1S/C18H18N2O2S/c1-10-5-6-15(11(2)7-10)20-12(3)8-14(13(20)4)9-16-17(21)19-18(22)23-16/h5-9H,1-4H3,(H,19,21,22)/b16-9-. The largest absolute Gasteiger partial charge is 0.318 e. The number of rotatable bonds is 2. The van der Waals surface area contributed by atoms with Crippen LogP contribution >= 0.6 is 11.8 Å². The van der Waals surface area contributed by atoms with E-state index < -0.39 is 0 Å². The smallest absolute Gasteiger partial charge is 0.290 e. The number of benzene rings is 1. The molecular weight excluding hydrogens is 308 g/mol. The van der Waals surface area contributed by atoms with Gasteiger partial charge in [-0.1, -0.05) is 17.7 Å². The molecule has 5 heteroatoms. The minimum absolute atomic E-state index is 0.315. The lowest BCUT2D eigenvalue weighted by atomic mass is 10.1. The van der Waals surface area contributed by atoms with Crippen LogP contribution in [0, 0.1) is 27.7 Å². The van der Waals surface area contributed by atoms with Crippen LogP contribution in [-0.2, 0) is 4.79 Å². The van der Waals surface area contributed by atoms with E-state index in [0.717, 1.165) is 34.4 Å². The highest BCUT2D eigenvalue weighted by molar-refractivity contribution is 8.18. The quantitative estimate of drug-likeness (QED) is 0.848. The van der Waals surface area contributed by atoms with Crippen LogP contribution in [0.5, 0.6) is 0 Å². The van der Waals surface area contributed by atoms with Gasteiger partial charge in [-0.3, -0.25) is 14.9 Å². The Morgan fingerprint density at radius 3 is 2.43 bits per heavy atom. The fourth-order valence-electron chi connectivity index (χ4n) is 2.92. The van der Waals surface area contributed by atoms with Crippen molar-refractivity contribution in [3.05, 3.63) is 57.2 Å². The van der Waals surface area contributed by atoms with Crippen LogP contribution < -0.4 is 5.32 Å². The highest BCUT2D eigenvalue weighted by Gasteiger charge is 2.25. The van der Waals surface area contributed by atoms with Gasteiger partial charge in [-0.25, -0.2) is 0 Å². The van der Waals surface area contributed by atoms with E-state index in [1.807, 2.05) is 19.9 Å². The zero-order valence-corrected chi connectivity index (χ0v) is 14.4. The number of nitrogens with zero attached hydrogens (tertiary/aromatic N) is 1. The molecular formula is C18H18N2O2S. The first-order chi connectivity index (χ1) is 10.9. The van der Waals surface area contributed by atoms with Crippen molar-refractivity contribution in [1.29, 1.82) is 0 Å². The molecule has 2 heterocycles. The number of aryl methyl sites for hydroxylation is 3. The summed E-state index contributed by atoms with van der Waals surface area (Å²) < 4.78 is 2.18. The molecule has 2 aromatic rings. The van der Waals surface area contributed by atoms with Gasteiger partial charge < -0.3 is 4.57 Å². The van der Waals surface area contributed by atoms with Gasteiger partial charge in [0.05, 0.1) is 4.91 Å². The lowest BCUT2D eigenvalue weighted by Crippen LogP contribution is -2.17. The predicted octanol–water partition coefficient (Wildman–Crippen LogP) is 4.03. The van der Waals surface area contributed by atoms with Crippen molar-refractivity contribution in [3.8, 4) is 5.69 Å². The maximum absolute atomic E-state index is 11.7. The number of carbonyl (C=O) groups excluding carboxylic acids is 2. The molecule has 0 spiro atoms. The zero-order valence-electron chi connectivity index (χ0n) is 13.6. The summed E-state index contributed by atoms with van der Waals surface area (Å²) in [4.78, 5) is 23.5. The average molecular weight is 326 g/mol. The van der Waals surface area contributed by atoms with Gasteiger partial charge in [0, 0.05) is 17.1 Å². The van der Waals surface area contributed by atoms with Gasteiger partial charge in [-0.2, -0.15) is 0 Å². The van der Waals surface area contributed by atoms with E-state index >= 15 is 0 Å². The van der Waals surface area contributed by atoms with Crippen LogP contribution in [0.4, 0.5) is 4.79 Å². The predicted molar refractivity (Wildman–Crippen MR) is 93.8 cm³/mol. The van der Waals surface area contributed by atoms with Gasteiger partial charge in [-0.05, 0) is 68.8 Å². The van der Waals surface area contributed by atoms with Gasteiger partial charge in [0.15, 0.2) is 0 Å². The number of thioether (sulfide) groups is 1. The fraction of sp³-hybridized carbons (Fsp3) is 0.222. The Morgan fingerprint density at radius 2 is 1.83 bits per heavy atom. The average Bonchev–Trinajstić information content (AvgIpc) is 2.91. The third-order valence-electron chi connectivity index (χ3n) is 3.99. The molecule has 1 aromatic carbocycles. The minimum atomic E-state index is -0.323. The van der Waals surface area contributed by atoms with Crippen LogP contribution in [0.15, 0.2) is 29.2 Å². The molecule has 1 aliphatic rings. The fourth-order valence-corrected chi connectivity index (χ4v) is 3.60. The number of nitrogens with one attached hydrogen (secondary N) is 1. The van der Waals surface area contributed by atoms with Crippen molar-refractivity contribution in [1.82, 2.24) is 9.88 Å². The summed E-state index contributed by atoms with van der Waals surface area (Å²) in [6, 6.07) is 8.41. The van der Waals surface area contributed by atoms with Crippen LogP contribution in [0.1, 0.15) is 28.1 Å². The number of imide groups is 1. The number of aromatic nitrogens is 1. The van der Waals surface area contributed by atoms with E-state index in [0.29, 0.717) is 4.91 Å². The molecule has 4 nitrogen and oxygen atoms in total. The lowest BCUT2D eigenvalue weighted by molar-refractivity contribution is -0.115. The summed E-state index contributed by atoms with van der Waals surface area (Å²) in [5.41, 5.74) is 6.66. The molecule has 1 aliphatic heterocycles. The highest BCUT2D eigenvalue weighted by atomic mass is 32.2. The van der Waals surface area contributed by atoms with E-state index in [4.69, 9.17) is 0 Å². The molecule has 0 aliphatic carbocycles. The summed E-state index contributed by atoms with van der Waals surface area (Å²) in [6.45, 7) is 8.24. The van der Waals surface area contributed by atoms with Crippen molar-refractivity contribution in [2.24, 2.45) is 0 Å². The molecule has 1 saturated heterocycles. The Balaban J connectivity index is 2.08. The Morgan fingerprint density at radius 1 is 1.09 bits per heavy atom. The van der Waals surface area contributed by atoms with Crippen molar-refractivity contribution in [2.75, 3.05) is 0 Å². The summed E-state index contributed by atoms with van der Waals surface area (Å²) in [5, 5.41) is 1.97. The SMILES string of the molecule is Cc1ccc(-n2c(C)cc(/C=C3\SC(=O)NC3=O)c2C)c(C)c1. The monoisotopic (exact) mass is 326 g/mol. The van der Waals surface area contributed by atoms with Gasteiger partial charge in [-0.15, -0.1) is 0 Å². The first-order valence-corrected chi connectivity index (χ1v) is 8.20. The molecule has 2 amide bonds. The van der Waals surface area contributed by atoms with Crippen molar-refractivity contribution < 1.29 is 9.59 Å². The Hall–Kier alpha value is -2.27. The summed E-state index contributed by atoms with van der Waals surface area (Å²) in [7, 11) is 0. The van der Waals surface area contributed by atoms with Crippen molar-refractivity contribution in [3.63, 3.8) is 0 Å². The molecule has 3 rings (SSSR count). The third kappa shape index (κ3) is 2.84. The maximum Gasteiger partial charge on any atom is 0.290 e. The van der Waals surface area contributed by atoms with Crippen LogP contribution in [0.25, 0.3) is 11.8 Å². The number of amides is 2. The normalized spacial score (nSPS) is 16.3. The molecule has 0 atom stereocenters. The molecule has 1 aromatic heterocycles. The van der Waals surface area contributed by atoms with Gasteiger partial charge >= 0.3 is 0 Å². The second-order valence-electron chi connectivity index (χ2n) is 5.80. The molecule has 0 bridgehead atoms. The minimum Gasteiger partial charge on any atom is -0.318 e. The van der Waals surface area contributed by atoms with Gasteiger partial charge in [0.1, 0.15) is 0 Å². The second kappa shape index (κ2) is 5.74. The van der Waals surface area contributed by atoms with Crippen molar-refractivity contribution in [2.45, 2.75) is 27.7 Å². The molecule has 0 unspecified atom stereocenters. The first kappa shape index (κ1) is 15.6. The number of hydrogen-bond acceptors (Lipinski definition) is 3. The molecule has 0 radical (unpaired) electrons. The van der Waals surface area contributed by atoms with E-state index in [-0.39, 0.29) is 11.1 Å². The van der Waals surface area contributed by atoms with Crippen LogP contribution in [0.2, 0.25) is 0 Å². The molecule has 0 saturated carbocycles. The summed E-state index contributed by atoms with van der Waals surface area (Å²) in [5.74, 6) is -0.323. The van der Waals surface area contributed by atoms with E-state index in [1.165, 1.54) is 11.1 Å². The second-order valence-corrected chi connectivity index (χ2v) is 6.82. The van der Waals surface area contributed by atoms with Crippen LogP contribution in [0.3, 0.4) is 0 Å². The molecule has 118 valence electrons. The van der Waals surface area contributed by atoms with E-state index in [9.17, 15) is 9.59 Å². The summed E-state index contributed by atoms with van der Waals surface area (Å²) in [6.07, 6.45) is 1.78. The molecule has 1 fully saturated rings. The zero-order chi connectivity index (χ0) is 16.7. The Kier molecular flexibility index (Phi) is 3.90.